The molecule has 98 valence electrons. The molecule has 1 amide bonds. The summed E-state index contributed by atoms with van der Waals surface area (Å²) in [6.45, 7) is 6.81. The van der Waals surface area contributed by atoms with E-state index in [0.717, 1.165) is 31.7 Å². The van der Waals surface area contributed by atoms with E-state index in [0.29, 0.717) is 11.6 Å². The summed E-state index contributed by atoms with van der Waals surface area (Å²) in [6, 6.07) is 3.72. The molecule has 1 fully saturated rings. The van der Waals surface area contributed by atoms with Crippen LogP contribution in [0.15, 0.2) is 18.3 Å². The molecule has 1 unspecified atom stereocenters. The lowest BCUT2D eigenvalue weighted by molar-refractivity contribution is 0.0677. The number of anilines is 1. The Balaban J connectivity index is 2.03. The monoisotopic (exact) mass is 247 g/mol. The van der Waals surface area contributed by atoms with Gasteiger partial charge in [0, 0.05) is 19.6 Å². The minimum Gasteiger partial charge on any atom is -0.384 e. The van der Waals surface area contributed by atoms with E-state index in [9.17, 15) is 4.79 Å². The van der Waals surface area contributed by atoms with E-state index >= 15 is 0 Å². The number of carbonyl (C=O) groups is 1. The Hall–Kier alpha value is -1.58. The van der Waals surface area contributed by atoms with Gasteiger partial charge in [0.25, 0.3) is 5.91 Å². The number of piperidine rings is 1. The van der Waals surface area contributed by atoms with Gasteiger partial charge in [0.2, 0.25) is 0 Å². The molecule has 2 rings (SSSR count). The first-order valence-electron chi connectivity index (χ1n) is 6.70. The number of nitrogens with zero attached hydrogens (tertiary/aromatic N) is 2. The standard InChI is InChI=1S/C14H21N3O/c1-3-15-12-6-7-13(16-9-12)14(18)17-8-4-5-11(2)10-17/h6-7,9,11,15H,3-5,8,10H2,1-2H3. The first kappa shape index (κ1) is 12.9. The molecule has 0 spiro atoms. The van der Waals surface area contributed by atoms with Crippen molar-refractivity contribution in [3.05, 3.63) is 24.0 Å². The van der Waals surface area contributed by atoms with Crippen LogP contribution >= 0.6 is 0 Å². The molecule has 4 nitrogen and oxygen atoms in total. The van der Waals surface area contributed by atoms with Crippen molar-refractivity contribution in [2.45, 2.75) is 26.7 Å². The second-order valence-corrected chi connectivity index (χ2v) is 4.96. The molecule has 1 aliphatic heterocycles. The number of amides is 1. The van der Waals surface area contributed by atoms with Crippen molar-refractivity contribution in [2.75, 3.05) is 25.0 Å². The van der Waals surface area contributed by atoms with Crippen molar-refractivity contribution in [2.24, 2.45) is 5.92 Å². The molecule has 4 heteroatoms. The molecule has 0 saturated carbocycles. The van der Waals surface area contributed by atoms with Gasteiger partial charge in [-0.2, -0.15) is 0 Å². The summed E-state index contributed by atoms with van der Waals surface area (Å²) >= 11 is 0. The van der Waals surface area contributed by atoms with Crippen LogP contribution in [0.1, 0.15) is 37.2 Å². The maximum absolute atomic E-state index is 12.3. The van der Waals surface area contributed by atoms with Gasteiger partial charge >= 0.3 is 0 Å². The molecule has 1 aromatic heterocycles. The Bertz CT molecular complexity index is 402. The number of hydrogen-bond acceptors (Lipinski definition) is 3. The van der Waals surface area contributed by atoms with Crippen LogP contribution in [0, 0.1) is 5.92 Å². The fraction of sp³-hybridized carbons (Fsp3) is 0.571. The van der Waals surface area contributed by atoms with Crippen molar-refractivity contribution in [1.82, 2.24) is 9.88 Å². The smallest absolute Gasteiger partial charge is 0.272 e. The second kappa shape index (κ2) is 5.85. The van der Waals surface area contributed by atoms with Gasteiger partial charge in [-0.05, 0) is 37.8 Å². The van der Waals surface area contributed by atoms with Crippen molar-refractivity contribution >= 4 is 11.6 Å². The van der Waals surface area contributed by atoms with Crippen LogP contribution in [0.5, 0.6) is 0 Å². The summed E-state index contributed by atoms with van der Waals surface area (Å²) in [7, 11) is 0. The molecule has 0 aliphatic carbocycles. The number of rotatable bonds is 3. The lowest BCUT2D eigenvalue weighted by Gasteiger charge is -2.30. The van der Waals surface area contributed by atoms with Crippen molar-refractivity contribution in [1.29, 1.82) is 0 Å². The summed E-state index contributed by atoms with van der Waals surface area (Å²) in [5, 5.41) is 3.17. The number of aromatic nitrogens is 1. The number of pyridine rings is 1. The highest BCUT2D eigenvalue weighted by Gasteiger charge is 2.22. The number of likely N-dealkylation sites (tertiary alicyclic amines) is 1. The van der Waals surface area contributed by atoms with Crippen LogP contribution < -0.4 is 5.32 Å². The maximum Gasteiger partial charge on any atom is 0.272 e. The lowest BCUT2D eigenvalue weighted by Crippen LogP contribution is -2.39. The van der Waals surface area contributed by atoms with Crippen LogP contribution in [0.25, 0.3) is 0 Å². The maximum atomic E-state index is 12.3. The highest BCUT2D eigenvalue weighted by atomic mass is 16.2. The van der Waals surface area contributed by atoms with Crippen molar-refractivity contribution in [3.8, 4) is 0 Å². The first-order chi connectivity index (χ1) is 8.70. The van der Waals surface area contributed by atoms with Crippen LogP contribution in [0.4, 0.5) is 5.69 Å². The summed E-state index contributed by atoms with van der Waals surface area (Å²) < 4.78 is 0. The third kappa shape index (κ3) is 3.00. The van der Waals surface area contributed by atoms with Crippen LogP contribution in [-0.4, -0.2) is 35.4 Å². The van der Waals surface area contributed by atoms with Crippen LogP contribution in [0.2, 0.25) is 0 Å². The molecule has 1 atom stereocenters. The van der Waals surface area contributed by atoms with Crippen molar-refractivity contribution < 1.29 is 4.79 Å². The quantitative estimate of drug-likeness (QED) is 0.892. The third-order valence-corrected chi connectivity index (χ3v) is 3.31. The van der Waals surface area contributed by atoms with Gasteiger partial charge in [-0.3, -0.25) is 4.79 Å². The SMILES string of the molecule is CCNc1ccc(C(=O)N2CCCC(C)C2)nc1. The Kier molecular flexibility index (Phi) is 4.18. The highest BCUT2D eigenvalue weighted by molar-refractivity contribution is 5.92. The zero-order valence-corrected chi connectivity index (χ0v) is 11.1. The summed E-state index contributed by atoms with van der Waals surface area (Å²) in [5.41, 5.74) is 1.51. The third-order valence-electron chi connectivity index (χ3n) is 3.31. The molecule has 0 bridgehead atoms. The van der Waals surface area contributed by atoms with E-state index in [1.54, 1.807) is 12.3 Å². The van der Waals surface area contributed by atoms with E-state index < -0.39 is 0 Å². The molecule has 1 saturated heterocycles. The predicted octanol–water partition coefficient (Wildman–Crippen LogP) is 2.39. The highest BCUT2D eigenvalue weighted by Crippen LogP contribution is 2.17. The molecule has 1 aromatic rings. The summed E-state index contributed by atoms with van der Waals surface area (Å²) in [6.07, 6.45) is 4.04. The van der Waals surface area contributed by atoms with Gasteiger partial charge in [-0.1, -0.05) is 6.92 Å². The van der Waals surface area contributed by atoms with Crippen LogP contribution in [-0.2, 0) is 0 Å². The van der Waals surface area contributed by atoms with Gasteiger partial charge in [0.15, 0.2) is 0 Å². The zero-order valence-electron chi connectivity index (χ0n) is 11.1. The first-order valence-corrected chi connectivity index (χ1v) is 6.70. The van der Waals surface area contributed by atoms with E-state index in [2.05, 4.69) is 17.2 Å². The fourth-order valence-corrected chi connectivity index (χ4v) is 2.36. The van der Waals surface area contributed by atoms with Gasteiger partial charge in [0.1, 0.15) is 5.69 Å². The number of carbonyl (C=O) groups excluding carboxylic acids is 1. The van der Waals surface area contributed by atoms with Gasteiger partial charge in [0.05, 0.1) is 11.9 Å². The summed E-state index contributed by atoms with van der Waals surface area (Å²) in [5.74, 6) is 0.660. The lowest BCUT2D eigenvalue weighted by atomic mass is 10.00. The zero-order chi connectivity index (χ0) is 13.0. The van der Waals surface area contributed by atoms with E-state index in [4.69, 9.17) is 0 Å². The Labute approximate surface area is 108 Å². The van der Waals surface area contributed by atoms with Crippen LogP contribution in [0.3, 0.4) is 0 Å². The van der Waals surface area contributed by atoms with E-state index in [-0.39, 0.29) is 5.91 Å². The molecule has 18 heavy (non-hydrogen) atoms. The molecular weight excluding hydrogens is 226 g/mol. The average Bonchev–Trinajstić information content (AvgIpc) is 2.39. The van der Waals surface area contributed by atoms with Crippen molar-refractivity contribution in [3.63, 3.8) is 0 Å². The molecular formula is C14H21N3O. The molecule has 1 N–H and O–H groups in total. The molecule has 1 aliphatic rings. The Morgan fingerprint density at radius 2 is 2.39 bits per heavy atom. The predicted molar refractivity (Wildman–Crippen MR) is 72.7 cm³/mol. The normalized spacial score (nSPS) is 19.7. The van der Waals surface area contributed by atoms with Gasteiger partial charge in [-0.15, -0.1) is 0 Å². The van der Waals surface area contributed by atoms with E-state index in [1.807, 2.05) is 17.9 Å². The summed E-state index contributed by atoms with van der Waals surface area (Å²) in [4.78, 5) is 18.4. The van der Waals surface area contributed by atoms with Gasteiger partial charge < -0.3 is 10.2 Å². The Morgan fingerprint density at radius 1 is 1.56 bits per heavy atom. The van der Waals surface area contributed by atoms with E-state index in [1.165, 1.54) is 6.42 Å². The molecule has 0 aromatic carbocycles. The minimum absolute atomic E-state index is 0.0598. The number of nitrogens with one attached hydrogen (secondary N) is 1. The topological polar surface area (TPSA) is 45.2 Å². The fourth-order valence-electron chi connectivity index (χ4n) is 2.36. The Morgan fingerprint density at radius 3 is 3.00 bits per heavy atom. The van der Waals surface area contributed by atoms with Gasteiger partial charge in [-0.25, -0.2) is 4.98 Å². The minimum atomic E-state index is 0.0598. The largest absolute Gasteiger partial charge is 0.384 e. The molecule has 2 heterocycles. The second-order valence-electron chi connectivity index (χ2n) is 4.96. The number of hydrogen-bond donors (Lipinski definition) is 1. The average molecular weight is 247 g/mol. The molecule has 0 radical (unpaired) electrons.